The Labute approximate surface area is 205 Å². The Morgan fingerprint density at radius 3 is 2.64 bits per heavy atom. The van der Waals surface area contributed by atoms with Crippen molar-refractivity contribution in [2.75, 3.05) is 13.7 Å². The Balaban J connectivity index is 2.03. The lowest BCUT2D eigenvalue weighted by Crippen LogP contribution is -2.25. The molecule has 1 atom stereocenters. The number of methoxy groups -OCH3 is 1. The van der Waals surface area contributed by atoms with Crippen molar-refractivity contribution in [3.05, 3.63) is 79.8 Å². The monoisotopic (exact) mass is 532 g/mol. The average molecular weight is 534 g/mol. The average Bonchev–Trinajstić information content (AvgIpc) is 2.78. The minimum absolute atomic E-state index is 0.0493. The fourth-order valence-corrected chi connectivity index (χ4v) is 4.32. The summed E-state index contributed by atoms with van der Waals surface area (Å²) >= 11 is 9.44. The molecule has 1 aliphatic heterocycles. The van der Waals surface area contributed by atoms with E-state index in [1.54, 1.807) is 51.3 Å². The lowest BCUT2D eigenvalue weighted by atomic mass is 9.82. The molecule has 2 aromatic rings. The normalized spacial score (nSPS) is 15.6. The van der Waals surface area contributed by atoms with Crippen LogP contribution in [0.1, 0.15) is 30.9 Å². The second kappa shape index (κ2) is 10.6. The van der Waals surface area contributed by atoms with Gasteiger partial charge in [-0.3, -0.25) is 0 Å². The van der Waals surface area contributed by atoms with Gasteiger partial charge in [-0.15, -0.1) is 0 Å². The van der Waals surface area contributed by atoms with Gasteiger partial charge in [0.15, 0.2) is 0 Å². The fraction of sp³-hybridized carbons (Fsp3) is 0.250. The van der Waals surface area contributed by atoms with Crippen LogP contribution < -0.4 is 15.2 Å². The molecule has 1 aliphatic rings. The molecular formula is C24H22BrClN2O5. The summed E-state index contributed by atoms with van der Waals surface area (Å²) in [5, 5.41) is 10.4. The number of carbonyl (C=O) groups is 1. The molecule has 9 heteroatoms. The van der Waals surface area contributed by atoms with E-state index < -0.39 is 11.9 Å². The van der Waals surface area contributed by atoms with Gasteiger partial charge in [0, 0.05) is 10.6 Å². The molecule has 0 saturated carbocycles. The summed E-state index contributed by atoms with van der Waals surface area (Å²) in [6, 6.07) is 12.6. The number of hydrogen-bond acceptors (Lipinski definition) is 7. The Morgan fingerprint density at radius 1 is 1.27 bits per heavy atom. The number of nitriles is 1. The van der Waals surface area contributed by atoms with Crippen LogP contribution in [-0.2, 0) is 20.9 Å². The highest BCUT2D eigenvalue weighted by Crippen LogP contribution is 2.41. The maximum Gasteiger partial charge on any atom is 0.338 e. The van der Waals surface area contributed by atoms with E-state index in [1.807, 2.05) is 6.07 Å². The topological polar surface area (TPSA) is 104 Å². The minimum atomic E-state index is -0.755. The molecule has 3 rings (SSSR count). The molecular weight excluding hydrogens is 512 g/mol. The third kappa shape index (κ3) is 5.27. The van der Waals surface area contributed by atoms with Crippen molar-refractivity contribution >= 4 is 33.5 Å². The van der Waals surface area contributed by atoms with Gasteiger partial charge in [0.2, 0.25) is 5.88 Å². The largest absolute Gasteiger partial charge is 0.496 e. The second-order valence-corrected chi connectivity index (χ2v) is 8.34. The van der Waals surface area contributed by atoms with E-state index in [4.69, 9.17) is 36.3 Å². The quantitative estimate of drug-likeness (QED) is 0.479. The van der Waals surface area contributed by atoms with Crippen molar-refractivity contribution < 1.29 is 23.7 Å². The Morgan fingerprint density at radius 2 is 2.00 bits per heavy atom. The van der Waals surface area contributed by atoms with Crippen LogP contribution in [-0.4, -0.2) is 19.7 Å². The van der Waals surface area contributed by atoms with E-state index in [-0.39, 0.29) is 36.0 Å². The Hall–Kier alpha value is -3.15. The van der Waals surface area contributed by atoms with Crippen LogP contribution in [0.2, 0.25) is 5.02 Å². The first-order valence-corrected chi connectivity index (χ1v) is 11.2. The smallest absolute Gasteiger partial charge is 0.338 e. The van der Waals surface area contributed by atoms with E-state index in [9.17, 15) is 10.1 Å². The van der Waals surface area contributed by atoms with Crippen LogP contribution in [0.5, 0.6) is 11.5 Å². The zero-order valence-corrected chi connectivity index (χ0v) is 20.6. The van der Waals surface area contributed by atoms with Crippen LogP contribution in [0.3, 0.4) is 0 Å². The molecule has 0 amide bonds. The molecule has 0 bridgehead atoms. The summed E-state index contributed by atoms with van der Waals surface area (Å²) in [5.74, 6) is 0.0987. The predicted octanol–water partition coefficient (Wildman–Crippen LogP) is 5.33. The van der Waals surface area contributed by atoms with Crippen molar-refractivity contribution in [2.24, 2.45) is 5.73 Å². The first-order valence-electron chi connectivity index (χ1n) is 10.0. The van der Waals surface area contributed by atoms with Gasteiger partial charge in [-0.1, -0.05) is 17.7 Å². The second-order valence-electron chi connectivity index (χ2n) is 7.05. The molecule has 0 saturated heterocycles. The number of benzene rings is 2. The molecule has 1 heterocycles. The molecule has 0 aromatic heterocycles. The number of hydrogen-bond donors (Lipinski definition) is 1. The Bertz CT molecular complexity index is 1190. The maximum atomic E-state index is 12.7. The first kappa shape index (κ1) is 24.5. The van der Waals surface area contributed by atoms with E-state index in [2.05, 4.69) is 22.0 Å². The van der Waals surface area contributed by atoms with Gasteiger partial charge >= 0.3 is 5.97 Å². The summed E-state index contributed by atoms with van der Waals surface area (Å²) in [6.45, 7) is 3.67. The highest BCUT2D eigenvalue weighted by Gasteiger charge is 2.36. The summed E-state index contributed by atoms with van der Waals surface area (Å²) in [5.41, 5.74) is 7.69. The lowest BCUT2D eigenvalue weighted by Gasteiger charge is -2.27. The van der Waals surface area contributed by atoms with Gasteiger partial charge in [-0.05, 0) is 65.7 Å². The van der Waals surface area contributed by atoms with Crippen LogP contribution in [0.25, 0.3) is 0 Å². The third-order valence-corrected chi connectivity index (χ3v) is 5.87. The van der Waals surface area contributed by atoms with Crippen LogP contribution in [0.15, 0.2) is 63.7 Å². The number of rotatable bonds is 7. The molecule has 2 N–H and O–H groups in total. The molecule has 33 heavy (non-hydrogen) atoms. The number of allylic oxidation sites excluding steroid dienone is 2. The van der Waals surface area contributed by atoms with Crippen molar-refractivity contribution in [1.82, 2.24) is 0 Å². The molecule has 172 valence electrons. The van der Waals surface area contributed by atoms with Crippen LogP contribution >= 0.6 is 27.5 Å². The van der Waals surface area contributed by atoms with Gasteiger partial charge < -0.3 is 24.7 Å². The number of carbonyl (C=O) groups excluding carboxylic acids is 1. The summed E-state index contributed by atoms with van der Waals surface area (Å²) < 4.78 is 22.8. The zero-order chi connectivity index (χ0) is 24.1. The molecule has 0 fully saturated rings. The summed E-state index contributed by atoms with van der Waals surface area (Å²) in [6.07, 6.45) is 0. The molecule has 0 radical (unpaired) electrons. The highest BCUT2D eigenvalue weighted by molar-refractivity contribution is 9.10. The minimum Gasteiger partial charge on any atom is -0.496 e. The van der Waals surface area contributed by atoms with Crippen molar-refractivity contribution in [1.29, 1.82) is 5.26 Å². The first-order chi connectivity index (χ1) is 15.8. The third-order valence-electron chi connectivity index (χ3n) is 5.02. The zero-order valence-electron chi connectivity index (χ0n) is 18.3. The maximum absolute atomic E-state index is 12.7. The van der Waals surface area contributed by atoms with Gasteiger partial charge in [0.1, 0.15) is 35.5 Å². The number of ether oxygens (including phenoxy) is 4. The predicted molar refractivity (Wildman–Crippen MR) is 126 cm³/mol. The molecule has 0 aliphatic carbocycles. The van der Waals surface area contributed by atoms with Gasteiger partial charge in [0.05, 0.1) is 29.7 Å². The number of halogens is 2. The SMILES string of the molecule is CCOC(=O)C1=C(C)OC(N)=C(C#N)[C@H]1c1ccc(OC)c(COc2ccc(Cl)cc2Br)c1. The van der Waals surface area contributed by atoms with Crippen molar-refractivity contribution in [3.63, 3.8) is 0 Å². The van der Waals surface area contributed by atoms with Crippen LogP contribution in [0, 0.1) is 11.3 Å². The number of nitrogens with two attached hydrogens (primary N) is 1. The van der Waals surface area contributed by atoms with E-state index in [0.717, 1.165) is 0 Å². The van der Waals surface area contributed by atoms with Crippen LogP contribution in [0.4, 0.5) is 0 Å². The van der Waals surface area contributed by atoms with Gasteiger partial charge in [0.25, 0.3) is 0 Å². The van der Waals surface area contributed by atoms with Crippen molar-refractivity contribution in [3.8, 4) is 17.6 Å². The molecule has 0 unspecified atom stereocenters. The van der Waals surface area contributed by atoms with E-state index >= 15 is 0 Å². The fourth-order valence-electron chi connectivity index (χ4n) is 3.53. The molecule has 7 nitrogen and oxygen atoms in total. The summed E-state index contributed by atoms with van der Waals surface area (Å²) in [7, 11) is 1.55. The van der Waals surface area contributed by atoms with Crippen molar-refractivity contribution in [2.45, 2.75) is 26.4 Å². The highest BCUT2D eigenvalue weighted by atomic mass is 79.9. The van der Waals surface area contributed by atoms with E-state index in [1.165, 1.54) is 0 Å². The molecule has 0 spiro atoms. The standard InChI is InChI=1S/C24H22BrClN2O5/c1-4-31-24(29)21-13(2)33-23(28)17(11-27)22(21)14-5-7-19(30-3)15(9-14)12-32-20-8-6-16(26)10-18(20)25/h5-10,22H,4,12,28H2,1-3H3/t22-/m1/s1. The Kier molecular flexibility index (Phi) is 7.90. The van der Waals surface area contributed by atoms with Gasteiger partial charge in [-0.2, -0.15) is 5.26 Å². The van der Waals surface area contributed by atoms with Gasteiger partial charge in [-0.25, -0.2) is 4.79 Å². The lowest BCUT2D eigenvalue weighted by molar-refractivity contribution is -0.139. The molecule has 2 aromatic carbocycles. The number of esters is 1. The van der Waals surface area contributed by atoms with E-state index in [0.29, 0.717) is 32.1 Å². The number of nitrogens with zero attached hydrogens (tertiary/aromatic N) is 1. The summed E-state index contributed by atoms with van der Waals surface area (Å²) in [4.78, 5) is 12.7.